The Morgan fingerprint density at radius 3 is 3.00 bits per heavy atom. The van der Waals surface area contributed by atoms with Crippen LogP contribution in [-0.4, -0.2) is 20.9 Å². The molecule has 5 heteroatoms. The molecular formula is C15H17N3O2. The van der Waals surface area contributed by atoms with Crippen molar-refractivity contribution in [1.82, 2.24) is 14.9 Å². The van der Waals surface area contributed by atoms with Crippen molar-refractivity contribution in [3.63, 3.8) is 0 Å². The van der Waals surface area contributed by atoms with Crippen molar-refractivity contribution in [2.75, 3.05) is 0 Å². The maximum absolute atomic E-state index is 11.1. The summed E-state index contributed by atoms with van der Waals surface area (Å²) in [6.45, 7) is 3.61. The Morgan fingerprint density at radius 2 is 2.30 bits per heavy atom. The summed E-state index contributed by atoms with van der Waals surface area (Å²) in [7, 11) is 0. The van der Waals surface area contributed by atoms with Crippen molar-refractivity contribution in [3.05, 3.63) is 30.1 Å². The average molecular weight is 271 g/mol. The number of carbonyl (C=O) groups is 1. The number of pyridine rings is 1. The largest absolute Gasteiger partial charge is 0.332 e. The molecule has 0 spiro atoms. The van der Waals surface area contributed by atoms with E-state index in [1.54, 1.807) is 6.20 Å². The fourth-order valence-electron chi connectivity index (χ4n) is 2.45. The monoisotopic (exact) mass is 271 g/mol. The molecule has 104 valence electrons. The summed E-state index contributed by atoms with van der Waals surface area (Å²) in [4.78, 5) is 21.8. The van der Waals surface area contributed by atoms with Gasteiger partial charge in [0.05, 0.1) is 11.9 Å². The van der Waals surface area contributed by atoms with Gasteiger partial charge in [0, 0.05) is 12.3 Å². The van der Waals surface area contributed by atoms with Crippen LogP contribution in [0.3, 0.4) is 0 Å². The van der Waals surface area contributed by atoms with Gasteiger partial charge in [0.15, 0.2) is 5.65 Å². The smallest absolute Gasteiger partial charge is 0.318 e. The molecule has 0 fully saturated rings. The van der Waals surface area contributed by atoms with E-state index in [0.29, 0.717) is 5.65 Å². The predicted octanol–water partition coefficient (Wildman–Crippen LogP) is 2.61. The highest BCUT2D eigenvalue weighted by atomic mass is 16.7. The molecule has 0 aromatic carbocycles. The van der Waals surface area contributed by atoms with E-state index in [-0.39, 0.29) is 0 Å². The lowest BCUT2D eigenvalue weighted by atomic mass is 9.89. The van der Waals surface area contributed by atoms with E-state index < -0.39 is 5.97 Å². The summed E-state index contributed by atoms with van der Waals surface area (Å²) in [6.07, 6.45) is 7.23. The van der Waals surface area contributed by atoms with Gasteiger partial charge in [-0.1, -0.05) is 17.8 Å². The SMILES string of the molecule is CC(=O)On1ncc2ccc(C3=CCC(C)CC3)nc21. The molecule has 1 atom stereocenters. The highest BCUT2D eigenvalue weighted by Crippen LogP contribution is 2.29. The van der Waals surface area contributed by atoms with E-state index in [2.05, 4.69) is 23.1 Å². The fourth-order valence-corrected chi connectivity index (χ4v) is 2.45. The first-order valence-electron chi connectivity index (χ1n) is 6.86. The lowest BCUT2D eigenvalue weighted by molar-refractivity contribution is -0.142. The van der Waals surface area contributed by atoms with Crippen molar-refractivity contribution in [2.24, 2.45) is 5.92 Å². The maximum atomic E-state index is 11.1. The minimum absolute atomic E-state index is 0.409. The first kappa shape index (κ1) is 12.8. The van der Waals surface area contributed by atoms with Crippen LogP contribution in [0, 0.1) is 5.92 Å². The zero-order chi connectivity index (χ0) is 14.1. The number of nitrogens with zero attached hydrogens (tertiary/aromatic N) is 3. The quantitative estimate of drug-likeness (QED) is 0.842. The van der Waals surface area contributed by atoms with Crippen molar-refractivity contribution in [3.8, 4) is 0 Å². The Balaban J connectivity index is 1.99. The zero-order valence-electron chi connectivity index (χ0n) is 11.7. The van der Waals surface area contributed by atoms with Gasteiger partial charge in [-0.05, 0) is 42.9 Å². The zero-order valence-corrected chi connectivity index (χ0v) is 11.7. The lowest BCUT2D eigenvalue weighted by Crippen LogP contribution is -2.18. The van der Waals surface area contributed by atoms with Crippen molar-refractivity contribution in [2.45, 2.75) is 33.1 Å². The van der Waals surface area contributed by atoms with E-state index in [1.807, 2.05) is 12.1 Å². The van der Waals surface area contributed by atoms with Gasteiger partial charge in [0.25, 0.3) is 0 Å². The number of fused-ring (bicyclic) bond motifs is 1. The standard InChI is InChI=1S/C15H17N3O2/c1-10-3-5-12(6-4-10)14-8-7-13-9-16-18(15(13)17-14)20-11(2)19/h5,7-10H,3-4,6H2,1-2H3. The predicted molar refractivity (Wildman–Crippen MR) is 75.8 cm³/mol. The van der Waals surface area contributed by atoms with Gasteiger partial charge < -0.3 is 4.84 Å². The molecule has 1 aliphatic rings. The van der Waals surface area contributed by atoms with Crippen LogP contribution in [0.2, 0.25) is 0 Å². The summed E-state index contributed by atoms with van der Waals surface area (Å²) < 4.78 is 0. The second-order valence-corrected chi connectivity index (χ2v) is 5.32. The third-order valence-corrected chi connectivity index (χ3v) is 3.61. The number of aromatic nitrogens is 3. The number of carbonyl (C=O) groups excluding carboxylic acids is 1. The molecule has 0 N–H and O–H groups in total. The van der Waals surface area contributed by atoms with Gasteiger partial charge in [-0.15, -0.1) is 5.10 Å². The van der Waals surface area contributed by atoms with Crippen LogP contribution in [0.15, 0.2) is 24.4 Å². The van der Waals surface area contributed by atoms with Crippen molar-refractivity contribution < 1.29 is 9.63 Å². The Morgan fingerprint density at radius 1 is 1.45 bits per heavy atom. The molecule has 0 amide bonds. The second kappa shape index (κ2) is 5.07. The molecular weight excluding hydrogens is 254 g/mol. The summed E-state index contributed by atoms with van der Waals surface area (Å²) in [5.41, 5.74) is 2.79. The molecule has 2 heterocycles. The van der Waals surface area contributed by atoms with Crippen LogP contribution in [-0.2, 0) is 4.79 Å². The molecule has 0 saturated carbocycles. The fraction of sp³-hybridized carbons (Fsp3) is 0.400. The third kappa shape index (κ3) is 2.43. The van der Waals surface area contributed by atoms with Crippen LogP contribution in [0.5, 0.6) is 0 Å². The van der Waals surface area contributed by atoms with Crippen LogP contribution >= 0.6 is 0 Å². The van der Waals surface area contributed by atoms with Gasteiger partial charge in [-0.3, -0.25) is 0 Å². The first-order chi connectivity index (χ1) is 9.63. The minimum atomic E-state index is -0.409. The van der Waals surface area contributed by atoms with Crippen LogP contribution in [0.4, 0.5) is 0 Å². The van der Waals surface area contributed by atoms with Gasteiger partial charge >= 0.3 is 5.97 Å². The molecule has 0 radical (unpaired) electrons. The second-order valence-electron chi connectivity index (χ2n) is 5.32. The van der Waals surface area contributed by atoms with Crippen LogP contribution in [0.1, 0.15) is 38.8 Å². The number of allylic oxidation sites excluding steroid dienone is 2. The van der Waals surface area contributed by atoms with Gasteiger partial charge in [0.1, 0.15) is 0 Å². The number of hydrogen-bond donors (Lipinski definition) is 0. The first-order valence-corrected chi connectivity index (χ1v) is 6.86. The van der Waals surface area contributed by atoms with E-state index in [0.717, 1.165) is 29.8 Å². The van der Waals surface area contributed by atoms with Crippen molar-refractivity contribution >= 4 is 22.6 Å². The topological polar surface area (TPSA) is 57.0 Å². The molecule has 0 aliphatic heterocycles. The molecule has 2 aromatic heterocycles. The number of rotatable bonds is 2. The van der Waals surface area contributed by atoms with E-state index in [1.165, 1.54) is 23.8 Å². The molecule has 20 heavy (non-hydrogen) atoms. The maximum Gasteiger partial charge on any atom is 0.332 e. The van der Waals surface area contributed by atoms with Crippen molar-refractivity contribution in [1.29, 1.82) is 0 Å². The Hall–Kier alpha value is -2.17. The number of hydrogen-bond acceptors (Lipinski definition) is 4. The summed E-state index contributed by atoms with van der Waals surface area (Å²) in [6, 6.07) is 3.97. The van der Waals surface area contributed by atoms with Crippen LogP contribution in [0.25, 0.3) is 16.6 Å². The molecule has 3 rings (SSSR count). The van der Waals surface area contributed by atoms with Crippen LogP contribution < -0.4 is 4.84 Å². The Bertz CT molecular complexity index is 687. The molecule has 0 saturated heterocycles. The normalized spacial score (nSPS) is 18.9. The third-order valence-electron chi connectivity index (χ3n) is 3.61. The average Bonchev–Trinajstić information content (AvgIpc) is 2.81. The Kier molecular flexibility index (Phi) is 3.26. The molecule has 5 nitrogen and oxygen atoms in total. The van der Waals surface area contributed by atoms with Gasteiger partial charge in [-0.2, -0.15) is 0 Å². The van der Waals surface area contributed by atoms with Gasteiger partial charge in [0.2, 0.25) is 0 Å². The molecule has 0 bridgehead atoms. The highest BCUT2D eigenvalue weighted by molar-refractivity contribution is 5.78. The van der Waals surface area contributed by atoms with E-state index in [4.69, 9.17) is 4.84 Å². The lowest BCUT2D eigenvalue weighted by Gasteiger charge is -2.17. The Labute approximate surface area is 117 Å². The molecule has 1 aliphatic carbocycles. The highest BCUT2D eigenvalue weighted by Gasteiger charge is 2.14. The van der Waals surface area contributed by atoms with E-state index in [9.17, 15) is 4.79 Å². The summed E-state index contributed by atoms with van der Waals surface area (Å²) in [5.74, 6) is 0.335. The van der Waals surface area contributed by atoms with Gasteiger partial charge in [-0.25, -0.2) is 9.78 Å². The molecule has 2 aromatic rings. The summed E-state index contributed by atoms with van der Waals surface area (Å²) >= 11 is 0. The van der Waals surface area contributed by atoms with E-state index >= 15 is 0 Å². The summed E-state index contributed by atoms with van der Waals surface area (Å²) in [5, 5.41) is 4.89. The molecule has 1 unspecified atom stereocenters. The minimum Gasteiger partial charge on any atom is -0.318 e.